The number of ketones is 1. The van der Waals surface area contributed by atoms with Crippen molar-refractivity contribution in [1.82, 2.24) is 24.9 Å². The first-order valence-corrected chi connectivity index (χ1v) is 45.6. The molecule has 0 aromatic heterocycles. The summed E-state index contributed by atoms with van der Waals surface area (Å²) in [6.45, 7) is 13.1. The van der Waals surface area contributed by atoms with Crippen LogP contribution in [-0.2, 0) is 74.3 Å². The number of carboxylic acid groups (broad SMARTS) is 1. The molecule has 9 aromatic carbocycles. The van der Waals surface area contributed by atoms with Crippen LogP contribution in [0, 0.1) is 0 Å². The number of halogens is 14. The van der Waals surface area contributed by atoms with Crippen LogP contribution >= 0.6 is 23.2 Å². The van der Waals surface area contributed by atoms with Crippen LogP contribution in [0.2, 0.25) is 10.0 Å². The number of nitrogens with zero attached hydrogens (tertiary/aromatic N) is 4. The van der Waals surface area contributed by atoms with Crippen molar-refractivity contribution in [2.45, 2.75) is 187 Å². The Hall–Kier alpha value is -9.83. The SMILES string of the molecule is CCO.O=C(N1CCCC(O)(COc2ccc(C(F)(F)F)cc2)C1)C1(c2ccc(Cl)cc2)CCC1.O=C(O)C1(c2ccc(Cl)cc2)CCC1.O=C1CCCN(Cc2ccccc2)C1.OC1(COc2ccc(C(F)(F)F)cc2)CCCN(Cc2ccccc2)C1.OC1(COc2ccc(C(F)(F)F)cc2)CCCNC1.Oc1ccc(C(F)(F)F)cc1.c1ccc(CN2CCCC3(CO3)C2)cc1. The molecule has 2 aliphatic carbocycles. The van der Waals surface area contributed by atoms with Crippen LogP contribution in [0.15, 0.2) is 237 Å². The zero-order chi connectivity index (χ0) is 96.9. The lowest BCUT2D eigenvalue weighted by atomic mass is 9.63. The number of carboxylic acids is 1. The summed E-state index contributed by atoms with van der Waals surface area (Å²) in [5.74, 6) is 0.389. The molecule has 6 heterocycles. The monoisotopic (exact) mass is 1920 g/mol. The Balaban J connectivity index is 0.000000166. The van der Waals surface area contributed by atoms with Gasteiger partial charge in [-0.05, 0) is 266 Å². The maximum absolute atomic E-state index is 13.5. The Morgan fingerprint density at radius 1 is 0.425 bits per heavy atom. The number of rotatable bonds is 19. The average Bonchev–Trinajstić information content (AvgIpc) is 1.09. The second-order valence-corrected chi connectivity index (χ2v) is 36.0. The number of amides is 1. The van der Waals surface area contributed by atoms with Gasteiger partial charge < -0.3 is 59.8 Å². The van der Waals surface area contributed by atoms with E-state index in [0.717, 1.165) is 188 Å². The van der Waals surface area contributed by atoms with Crippen LogP contribution in [0.1, 0.15) is 160 Å². The minimum absolute atomic E-state index is 0.00118. The van der Waals surface area contributed by atoms with Crippen molar-refractivity contribution in [1.29, 1.82) is 0 Å². The number of carbonyl (C=O) groups is 3. The smallest absolute Gasteiger partial charge is 0.416 e. The van der Waals surface area contributed by atoms with Crippen molar-refractivity contribution in [3.05, 3.63) is 297 Å². The minimum atomic E-state index is -4.41. The molecule has 6 saturated heterocycles. The number of β-amino-alcohol motifs (C(OH)–C–C–N with tert-alkyl or cyclic N) is 3. The third-order valence-corrected chi connectivity index (χ3v) is 25.0. The van der Waals surface area contributed by atoms with Crippen LogP contribution in [0.4, 0.5) is 52.7 Å². The number of aromatic hydroxyl groups is 1. The fraction of sp³-hybridized carbons (Fsp3) is 0.441. The molecule has 4 unspecified atom stereocenters. The van der Waals surface area contributed by atoms with E-state index in [0.29, 0.717) is 79.2 Å². The Morgan fingerprint density at radius 3 is 1.14 bits per heavy atom. The van der Waals surface area contributed by atoms with Gasteiger partial charge in [0.1, 0.15) is 71.0 Å². The number of phenolic OH excluding ortho intramolecular Hbond substituents is 1. The Kier molecular flexibility index (Phi) is 38.7. The maximum Gasteiger partial charge on any atom is 0.416 e. The molecule has 17 rings (SSSR count). The predicted octanol–water partition coefficient (Wildman–Crippen LogP) is 20.7. The van der Waals surface area contributed by atoms with Crippen LogP contribution in [0.25, 0.3) is 0 Å². The number of aliphatic hydroxyl groups excluding tert-OH is 1. The summed E-state index contributed by atoms with van der Waals surface area (Å²) in [5, 5.41) is 61.8. The number of aliphatic hydroxyl groups is 4. The lowest BCUT2D eigenvalue weighted by molar-refractivity contribution is -0.149. The third-order valence-electron chi connectivity index (χ3n) is 24.5. The number of likely N-dealkylation sites (tertiary alicyclic amines) is 4. The Morgan fingerprint density at radius 2 is 0.776 bits per heavy atom. The van der Waals surface area contributed by atoms with Gasteiger partial charge in [-0.3, -0.25) is 29.1 Å². The zero-order valence-corrected chi connectivity index (χ0v) is 76.2. The van der Waals surface area contributed by atoms with Crippen molar-refractivity contribution < 1.29 is 117 Å². The lowest BCUT2D eigenvalue weighted by Gasteiger charge is -2.47. The summed E-state index contributed by atoms with van der Waals surface area (Å²) in [6, 6.07) is 62.6. The molecule has 134 heavy (non-hydrogen) atoms. The van der Waals surface area contributed by atoms with E-state index in [-0.39, 0.29) is 56.0 Å². The summed E-state index contributed by atoms with van der Waals surface area (Å²) in [6.07, 6.45) is -4.16. The highest BCUT2D eigenvalue weighted by atomic mass is 35.5. The van der Waals surface area contributed by atoms with E-state index in [1.807, 2.05) is 72.8 Å². The number of benzene rings is 9. The first kappa shape index (κ1) is 106. The van der Waals surface area contributed by atoms with Crippen LogP contribution in [0.3, 0.4) is 0 Å². The summed E-state index contributed by atoms with van der Waals surface area (Å²) in [7, 11) is 0. The molecule has 8 aliphatic rings. The first-order chi connectivity index (χ1) is 63.6. The molecule has 1 spiro atoms. The van der Waals surface area contributed by atoms with Gasteiger partial charge in [-0.15, -0.1) is 0 Å². The topological polar surface area (TPSA) is 238 Å². The van der Waals surface area contributed by atoms with Crippen LogP contribution in [-0.4, -0.2) is 189 Å². The quantitative estimate of drug-likeness (QED) is 0.0294. The van der Waals surface area contributed by atoms with Gasteiger partial charge in [0.15, 0.2) is 0 Å². The molecular weight excluding hydrogens is 1800 g/mol. The largest absolute Gasteiger partial charge is 0.508 e. The van der Waals surface area contributed by atoms with Gasteiger partial charge in [0, 0.05) is 68.9 Å². The molecule has 1 amide bonds. The number of Topliss-reactive ketones (excluding diaryl/α,β-unsaturated/α-hetero) is 1. The molecular formula is C102H117Cl2F12N5O13. The number of carbonyl (C=O) groups excluding carboxylic acids is 2. The maximum atomic E-state index is 13.5. The van der Waals surface area contributed by atoms with Crippen molar-refractivity contribution in [3.8, 4) is 23.0 Å². The number of alkyl halides is 12. The highest BCUT2D eigenvalue weighted by Gasteiger charge is 2.51. The number of epoxide rings is 1. The van der Waals surface area contributed by atoms with Gasteiger partial charge in [-0.25, -0.2) is 0 Å². The van der Waals surface area contributed by atoms with Gasteiger partial charge in [0.25, 0.3) is 0 Å². The minimum Gasteiger partial charge on any atom is -0.508 e. The molecule has 2 saturated carbocycles. The molecule has 0 bridgehead atoms. The van der Waals surface area contributed by atoms with Crippen LogP contribution < -0.4 is 19.5 Å². The number of phenols is 1. The van der Waals surface area contributed by atoms with Gasteiger partial charge >= 0.3 is 30.7 Å². The van der Waals surface area contributed by atoms with Gasteiger partial charge in [0.2, 0.25) is 5.91 Å². The normalized spacial score (nSPS) is 21.5. The number of nitrogens with one attached hydrogen (secondary N) is 1. The third kappa shape index (κ3) is 33.0. The zero-order valence-electron chi connectivity index (χ0n) is 74.7. The standard InChI is InChI=1S/C24H25ClF3NO3.C20H22F3NO2.C13H16F3NO2.C13H17NO.C12H15NO.C11H11ClO2.C7H5F3O.C2H6O/c25-19-7-3-17(4-8-19)23(12-1-13-23)21(30)29-14-2-11-22(31,15-29)16-32-20-9-5-18(6-10-20)24(26,27)28;21-20(22,23)17-7-9-18(10-8-17)26-15-19(25)11-4-12-24(14-19)13-16-5-2-1-3-6-16;14-13(15,16)10-2-4-11(5-3-10)19-9-12(18)6-1-7-17-8-12;1-2-5-12(6-3-1)9-14-8-4-7-13(10-14)11-15-13;14-12-7-4-8-13(10-12)9-11-5-2-1-3-6-11;12-9-4-2-8(3-5-9)11(10(13)14)6-1-7-11;8-7(9,10)5-1-3-6(11)4-2-5;1-2-3/h3-10,31H,1-2,11-16H2;1-3,5-10,25H,4,11-15H2;2-5,17-18H,1,6-9H2;1-3,5-6H,4,7-11H2;1-3,5-6H,4,7-10H2;2-5H,1,6-7H2,(H,13,14);1-4,11H;3H,2H2,1H3. The van der Waals surface area contributed by atoms with Crippen molar-refractivity contribution in [3.63, 3.8) is 0 Å². The fourth-order valence-electron chi connectivity index (χ4n) is 16.8. The second kappa shape index (κ2) is 48.8. The molecule has 0 radical (unpaired) electrons. The molecule has 7 N–H and O–H groups in total. The molecule has 9 aromatic rings. The van der Waals surface area contributed by atoms with E-state index in [4.69, 9.17) is 52.4 Å². The highest BCUT2D eigenvalue weighted by molar-refractivity contribution is 6.30. The Bertz CT molecular complexity index is 5040. The predicted molar refractivity (Wildman–Crippen MR) is 488 cm³/mol. The molecule has 18 nitrogen and oxygen atoms in total. The van der Waals surface area contributed by atoms with Crippen molar-refractivity contribution in [2.75, 3.05) is 98.5 Å². The van der Waals surface area contributed by atoms with E-state index >= 15 is 0 Å². The number of hydrogen-bond donors (Lipinski definition) is 7. The fourth-order valence-corrected chi connectivity index (χ4v) is 17.1. The first-order valence-electron chi connectivity index (χ1n) is 44.9. The van der Waals surface area contributed by atoms with E-state index in [1.54, 1.807) is 36.1 Å². The number of piperidine rings is 5. The summed E-state index contributed by atoms with van der Waals surface area (Å²) in [4.78, 5) is 44.5. The molecule has 726 valence electrons. The number of ether oxygens (including phenoxy) is 4. The van der Waals surface area contributed by atoms with Crippen molar-refractivity contribution >= 4 is 40.9 Å². The number of aliphatic carboxylic acids is 1. The highest BCUT2D eigenvalue weighted by Crippen LogP contribution is 2.48. The second-order valence-electron chi connectivity index (χ2n) is 35.2. The van der Waals surface area contributed by atoms with E-state index in [2.05, 4.69) is 62.5 Å². The average molecular weight is 1920 g/mol. The molecule has 4 atom stereocenters. The summed E-state index contributed by atoms with van der Waals surface area (Å²) < 4.78 is 171. The van der Waals surface area contributed by atoms with Gasteiger partial charge in [0.05, 0.1) is 52.8 Å². The van der Waals surface area contributed by atoms with E-state index in [9.17, 15) is 87.5 Å². The molecule has 8 fully saturated rings. The number of hydrogen-bond acceptors (Lipinski definition) is 16. The summed E-state index contributed by atoms with van der Waals surface area (Å²) in [5.41, 5.74) is -1.41. The Labute approximate surface area is 783 Å². The lowest BCUT2D eigenvalue weighted by Crippen LogP contribution is -2.59. The van der Waals surface area contributed by atoms with Gasteiger partial charge in [-0.2, -0.15) is 52.7 Å². The van der Waals surface area contributed by atoms with E-state index < -0.39 is 80.6 Å². The van der Waals surface area contributed by atoms with Gasteiger partial charge in [-0.1, -0.05) is 151 Å². The molecule has 6 aliphatic heterocycles. The van der Waals surface area contributed by atoms with Crippen LogP contribution in [0.5, 0.6) is 23.0 Å². The van der Waals surface area contributed by atoms with Crippen molar-refractivity contribution in [2.24, 2.45) is 0 Å². The van der Waals surface area contributed by atoms with E-state index in [1.165, 1.54) is 72.5 Å². The summed E-state index contributed by atoms with van der Waals surface area (Å²) >= 11 is 11.8. The molecule has 32 heteroatoms.